The van der Waals surface area contributed by atoms with Crippen LogP contribution in [0, 0.1) is 6.92 Å². The summed E-state index contributed by atoms with van der Waals surface area (Å²) in [5, 5.41) is 9.66. The maximum absolute atomic E-state index is 11.8. The first kappa shape index (κ1) is 14.2. The highest BCUT2D eigenvalue weighted by Gasteiger charge is 2.18. The van der Waals surface area contributed by atoms with E-state index in [1.54, 1.807) is 0 Å². The first-order valence-corrected chi connectivity index (χ1v) is 8.13. The van der Waals surface area contributed by atoms with E-state index in [0.717, 1.165) is 23.5 Å². The van der Waals surface area contributed by atoms with Crippen molar-refractivity contribution in [1.29, 1.82) is 0 Å². The number of carbonyl (C=O) groups excluding carboxylic acids is 1. The second-order valence-corrected chi connectivity index (χ2v) is 6.21. The number of nitrogens with zero attached hydrogens (tertiary/aromatic N) is 3. The molecule has 0 aromatic carbocycles. The summed E-state index contributed by atoms with van der Waals surface area (Å²) in [7, 11) is 0. The van der Waals surface area contributed by atoms with E-state index in [4.69, 9.17) is 4.52 Å². The normalized spacial score (nSPS) is 15.5. The summed E-state index contributed by atoms with van der Waals surface area (Å²) in [5.74, 6) is 1.05. The Morgan fingerprint density at radius 1 is 1.43 bits per heavy atom. The Balaban J connectivity index is 1.51. The number of nitrogens with one attached hydrogen (secondary N) is 1. The van der Waals surface area contributed by atoms with Crippen LogP contribution in [0.5, 0.6) is 0 Å². The van der Waals surface area contributed by atoms with Gasteiger partial charge in [0.1, 0.15) is 0 Å². The van der Waals surface area contributed by atoms with Crippen molar-refractivity contribution in [3.8, 4) is 10.8 Å². The van der Waals surface area contributed by atoms with Crippen molar-refractivity contribution >= 4 is 17.2 Å². The Kier molecular flexibility index (Phi) is 4.28. The summed E-state index contributed by atoms with van der Waals surface area (Å²) in [5.41, 5.74) is 0.942. The Bertz CT molecular complexity index is 616. The van der Waals surface area contributed by atoms with Gasteiger partial charge in [0.05, 0.1) is 0 Å². The molecule has 1 aliphatic carbocycles. The molecule has 3 rings (SSSR count). The zero-order chi connectivity index (χ0) is 14.7. The van der Waals surface area contributed by atoms with Crippen molar-refractivity contribution in [2.75, 3.05) is 0 Å². The standard InChI is InChI=1S/C14H18N4O2S/c1-9-8-21-14(15-9)13-17-12(20-18-13)7-6-11(19)16-10-4-2-3-5-10/h8,10H,2-7H2,1H3,(H,16,19). The molecule has 1 fully saturated rings. The third-order valence-corrected chi connectivity index (χ3v) is 4.52. The van der Waals surface area contributed by atoms with Crippen molar-refractivity contribution in [2.24, 2.45) is 0 Å². The molecular formula is C14H18N4O2S. The molecule has 1 saturated carbocycles. The van der Waals surface area contributed by atoms with E-state index in [1.807, 2.05) is 12.3 Å². The van der Waals surface area contributed by atoms with Crippen LogP contribution in [0.3, 0.4) is 0 Å². The topological polar surface area (TPSA) is 80.9 Å². The van der Waals surface area contributed by atoms with Crippen molar-refractivity contribution < 1.29 is 9.32 Å². The number of rotatable bonds is 5. The molecule has 0 atom stereocenters. The molecule has 2 aromatic heterocycles. The number of hydrogen-bond donors (Lipinski definition) is 1. The highest BCUT2D eigenvalue weighted by atomic mass is 32.1. The SMILES string of the molecule is Cc1csc(-c2noc(CCC(=O)NC3CCCC3)n2)n1. The maximum Gasteiger partial charge on any atom is 0.231 e. The summed E-state index contributed by atoms with van der Waals surface area (Å²) < 4.78 is 5.17. The molecule has 1 amide bonds. The van der Waals surface area contributed by atoms with E-state index >= 15 is 0 Å². The predicted molar refractivity (Wildman–Crippen MR) is 78.9 cm³/mol. The second kappa shape index (κ2) is 6.34. The summed E-state index contributed by atoms with van der Waals surface area (Å²) in [6.07, 6.45) is 5.47. The van der Waals surface area contributed by atoms with Gasteiger partial charge >= 0.3 is 0 Å². The van der Waals surface area contributed by atoms with Crippen LogP contribution < -0.4 is 5.32 Å². The number of thiazole rings is 1. The van der Waals surface area contributed by atoms with E-state index < -0.39 is 0 Å². The van der Waals surface area contributed by atoms with Gasteiger partial charge in [0, 0.05) is 30.0 Å². The second-order valence-electron chi connectivity index (χ2n) is 5.35. The van der Waals surface area contributed by atoms with Crippen molar-refractivity contribution in [2.45, 2.75) is 51.5 Å². The number of aromatic nitrogens is 3. The van der Waals surface area contributed by atoms with Gasteiger partial charge in [-0.1, -0.05) is 18.0 Å². The highest BCUT2D eigenvalue weighted by molar-refractivity contribution is 7.13. The fraction of sp³-hybridized carbons (Fsp3) is 0.571. The molecule has 112 valence electrons. The lowest BCUT2D eigenvalue weighted by molar-refractivity contribution is -0.121. The van der Waals surface area contributed by atoms with Gasteiger partial charge in [-0.2, -0.15) is 4.98 Å². The van der Waals surface area contributed by atoms with Gasteiger partial charge in [-0.25, -0.2) is 4.98 Å². The van der Waals surface area contributed by atoms with Gasteiger partial charge in [-0.05, 0) is 19.8 Å². The molecule has 0 radical (unpaired) electrons. The number of aryl methyl sites for hydroxylation is 2. The average molecular weight is 306 g/mol. The molecule has 7 heteroatoms. The Morgan fingerprint density at radius 3 is 2.95 bits per heavy atom. The summed E-state index contributed by atoms with van der Waals surface area (Å²) in [4.78, 5) is 20.4. The number of carbonyl (C=O) groups is 1. The van der Waals surface area contributed by atoms with E-state index in [0.29, 0.717) is 30.6 Å². The molecule has 0 aliphatic heterocycles. The van der Waals surface area contributed by atoms with Crippen LogP contribution in [0.2, 0.25) is 0 Å². The maximum atomic E-state index is 11.8. The summed E-state index contributed by atoms with van der Waals surface area (Å²) in [6, 6.07) is 0.356. The van der Waals surface area contributed by atoms with E-state index in [1.165, 1.54) is 24.2 Å². The smallest absolute Gasteiger partial charge is 0.231 e. The fourth-order valence-electron chi connectivity index (χ4n) is 2.49. The molecule has 1 aliphatic rings. The third-order valence-electron chi connectivity index (χ3n) is 3.56. The molecule has 1 N–H and O–H groups in total. The van der Waals surface area contributed by atoms with Gasteiger partial charge in [-0.3, -0.25) is 4.79 Å². The fourth-order valence-corrected chi connectivity index (χ4v) is 3.21. The molecule has 2 heterocycles. The lowest BCUT2D eigenvalue weighted by atomic mass is 10.2. The Morgan fingerprint density at radius 2 is 2.24 bits per heavy atom. The van der Waals surface area contributed by atoms with E-state index in [9.17, 15) is 4.79 Å². The average Bonchev–Trinajstić information content (AvgIpc) is 3.17. The molecule has 21 heavy (non-hydrogen) atoms. The van der Waals surface area contributed by atoms with Crippen LogP contribution in [-0.4, -0.2) is 27.1 Å². The first-order valence-electron chi connectivity index (χ1n) is 7.25. The monoisotopic (exact) mass is 306 g/mol. The lowest BCUT2D eigenvalue weighted by Gasteiger charge is -2.10. The molecule has 0 unspecified atom stereocenters. The largest absolute Gasteiger partial charge is 0.353 e. The van der Waals surface area contributed by atoms with Crippen LogP contribution in [-0.2, 0) is 11.2 Å². The van der Waals surface area contributed by atoms with E-state index in [-0.39, 0.29) is 5.91 Å². The first-order chi connectivity index (χ1) is 10.2. The van der Waals surface area contributed by atoms with Gasteiger partial charge in [0.2, 0.25) is 17.6 Å². The molecule has 0 spiro atoms. The Labute approximate surface area is 127 Å². The quantitative estimate of drug-likeness (QED) is 0.918. The van der Waals surface area contributed by atoms with Gasteiger partial charge in [-0.15, -0.1) is 11.3 Å². The molecular weight excluding hydrogens is 288 g/mol. The van der Waals surface area contributed by atoms with Gasteiger partial charge in [0.25, 0.3) is 0 Å². The van der Waals surface area contributed by atoms with Crippen LogP contribution in [0.25, 0.3) is 10.8 Å². The van der Waals surface area contributed by atoms with Crippen LogP contribution in [0.4, 0.5) is 0 Å². The van der Waals surface area contributed by atoms with Crippen molar-refractivity contribution in [1.82, 2.24) is 20.4 Å². The molecule has 2 aromatic rings. The van der Waals surface area contributed by atoms with Crippen LogP contribution >= 0.6 is 11.3 Å². The molecule has 0 bridgehead atoms. The van der Waals surface area contributed by atoms with Gasteiger partial charge in [0.15, 0.2) is 5.01 Å². The number of amides is 1. The molecule has 6 nitrogen and oxygen atoms in total. The summed E-state index contributed by atoms with van der Waals surface area (Å²) >= 11 is 1.49. The van der Waals surface area contributed by atoms with Crippen LogP contribution in [0.1, 0.15) is 43.7 Å². The lowest BCUT2D eigenvalue weighted by Crippen LogP contribution is -2.32. The van der Waals surface area contributed by atoms with E-state index in [2.05, 4.69) is 20.4 Å². The minimum Gasteiger partial charge on any atom is -0.353 e. The predicted octanol–water partition coefficient (Wildman–Crippen LogP) is 2.49. The molecule has 0 saturated heterocycles. The minimum atomic E-state index is 0.0618. The zero-order valence-corrected chi connectivity index (χ0v) is 12.8. The highest BCUT2D eigenvalue weighted by Crippen LogP contribution is 2.21. The zero-order valence-electron chi connectivity index (χ0n) is 12.0. The van der Waals surface area contributed by atoms with Crippen molar-refractivity contribution in [3.63, 3.8) is 0 Å². The van der Waals surface area contributed by atoms with Crippen LogP contribution in [0.15, 0.2) is 9.90 Å². The third kappa shape index (κ3) is 3.66. The summed E-state index contributed by atoms with van der Waals surface area (Å²) in [6.45, 7) is 1.92. The van der Waals surface area contributed by atoms with Gasteiger partial charge < -0.3 is 9.84 Å². The number of hydrogen-bond acceptors (Lipinski definition) is 6. The van der Waals surface area contributed by atoms with Crippen molar-refractivity contribution in [3.05, 3.63) is 17.0 Å². The minimum absolute atomic E-state index is 0.0618. The Hall–Kier alpha value is -1.76.